The zero-order valence-electron chi connectivity index (χ0n) is 11.4. The van der Waals surface area contributed by atoms with E-state index in [1.807, 2.05) is 11.0 Å². The summed E-state index contributed by atoms with van der Waals surface area (Å²) in [5.41, 5.74) is 1.69. The van der Waals surface area contributed by atoms with Crippen molar-refractivity contribution in [2.45, 2.75) is 18.8 Å². The topological polar surface area (TPSA) is 73.9 Å². The predicted molar refractivity (Wildman–Crippen MR) is 80.4 cm³/mol. The number of rotatable bonds is 2. The first kappa shape index (κ1) is 13.9. The van der Waals surface area contributed by atoms with Crippen LogP contribution in [0.2, 0.25) is 5.02 Å². The van der Waals surface area contributed by atoms with Crippen molar-refractivity contribution in [1.82, 2.24) is 20.1 Å². The smallest absolute Gasteiger partial charge is 0.321 e. The van der Waals surface area contributed by atoms with E-state index < -0.39 is 0 Å². The zero-order valence-corrected chi connectivity index (χ0v) is 12.2. The van der Waals surface area contributed by atoms with E-state index in [1.54, 1.807) is 18.5 Å². The van der Waals surface area contributed by atoms with Crippen LogP contribution in [0.25, 0.3) is 0 Å². The van der Waals surface area contributed by atoms with Gasteiger partial charge < -0.3 is 10.2 Å². The minimum Gasteiger partial charge on any atom is -0.324 e. The lowest BCUT2D eigenvalue weighted by molar-refractivity contribution is 0.192. The Morgan fingerprint density at radius 2 is 2.38 bits per heavy atom. The molecule has 110 valence electrons. The standard InChI is InChI=1S/C14H16ClN5O/c15-11-6-12(8-16-7-11)18-14(21)20-5-1-2-10(9-20)13-3-4-17-19-13/h3-4,6-8,10H,1-2,5,9H2,(H,17,19)(H,18,21). The van der Waals surface area contributed by atoms with Crippen LogP contribution in [0.5, 0.6) is 0 Å². The number of urea groups is 1. The number of H-pyrrole nitrogens is 1. The third-order valence-electron chi connectivity index (χ3n) is 3.63. The summed E-state index contributed by atoms with van der Waals surface area (Å²) < 4.78 is 0. The van der Waals surface area contributed by atoms with E-state index in [9.17, 15) is 4.79 Å². The van der Waals surface area contributed by atoms with Crippen LogP contribution < -0.4 is 5.32 Å². The summed E-state index contributed by atoms with van der Waals surface area (Å²) in [6, 6.07) is 3.53. The number of piperidine rings is 1. The molecule has 1 saturated heterocycles. The highest BCUT2D eigenvalue weighted by Gasteiger charge is 2.25. The van der Waals surface area contributed by atoms with Crippen molar-refractivity contribution < 1.29 is 4.79 Å². The maximum Gasteiger partial charge on any atom is 0.321 e. The molecule has 0 radical (unpaired) electrons. The Kier molecular flexibility index (Phi) is 4.06. The van der Waals surface area contributed by atoms with Gasteiger partial charge in [-0.15, -0.1) is 0 Å². The molecule has 1 aliphatic heterocycles. The number of nitrogens with zero attached hydrogens (tertiary/aromatic N) is 3. The van der Waals surface area contributed by atoms with Gasteiger partial charge in [0.1, 0.15) is 0 Å². The van der Waals surface area contributed by atoms with Crippen molar-refractivity contribution in [3.8, 4) is 0 Å². The molecule has 0 aromatic carbocycles. The monoisotopic (exact) mass is 305 g/mol. The van der Waals surface area contributed by atoms with E-state index >= 15 is 0 Å². The van der Waals surface area contributed by atoms with Crippen LogP contribution in [-0.4, -0.2) is 39.2 Å². The van der Waals surface area contributed by atoms with Gasteiger partial charge in [-0.2, -0.15) is 5.10 Å². The van der Waals surface area contributed by atoms with Gasteiger partial charge in [0.25, 0.3) is 0 Å². The Morgan fingerprint density at radius 1 is 1.48 bits per heavy atom. The first-order valence-electron chi connectivity index (χ1n) is 6.88. The molecule has 21 heavy (non-hydrogen) atoms. The van der Waals surface area contributed by atoms with Gasteiger partial charge in [0, 0.05) is 37.1 Å². The number of anilines is 1. The third kappa shape index (κ3) is 3.33. The highest BCUT2D eigenvalue weighted by Crippen LogP contribution is 2.25. The Morgan fingerprint density at radius 3 is 3.14 bits per heavy atom. The van der Waals surface area contributed by atoms with Crippen LogP contribution in [0, 0.1) is 0 Å². The lowest BCUT2D eigenvalue weighted by atomic mass is 9.95. The fourth-order valence-electron chi connectivity index (χ4n) is 2.59. The second-order valence-electron chi connectivity index (χ2n) is 5.12. The molecular formula is C14H16ClN5O. The van der Waals surface area contributed by atoms with Gasteiger partial charge in [0.15, 0.2) is 0 Å². The highest BCUT2D eigenvalue weighted by molar-refractivity contribution is 6.30. The maximum absolute atomic E-state index is 12.3. The summed E-state index contributed by atoms with van der Waals surface area (Å²) >= 11 is 5.87. The van der Waals surface area contributed by atoms with Crippen molar-refractivity contribution in [3.63, 3.8) is 0 Å². The average molecular weight is 306 g/mol. The minimum absolute atomic E-state index is 0.122. The molecule has 0 saturated carbocycles. The summed E-state index contributed by atoms with van der Waals surface area (Å²) in [7, 11) is 0. The second kappa shape index (κ2) is 6.13. The van der Waals surface area contributed by atoms with E-state index in [2.05, 4.69) is 20.5 Å². The molecule has 2 N–H and O–H groups in total. The molecule has 1 fully saturated rings. The number of aromatic nitrogens is 3. The van der Waals surface area contributed by atoms with E-state index in [1.165, 1.54) is 6.20 Å². The van der Waals surface area contributed by atoms with Gasteiger partial charge in [0.2, 0.25) is 0 Å². The molecule has 0 spiro atoms. The van der Waals surface area contributed by atoms with Gasteiger partial charge >= 0.3 is 6.03 Å². The molecule has 1 unspecified atom stereocenters. The number of aromatic amines is 1. The van der Waals surface area contributed by atoms with Crippen LogP contribution in [0.4, 0.5) is 10.5 Å². The van der Waals surface area contributed by atoms with E-state index in [-0.39, 0.29) is 6.03 Å². The fraction of sp³-hybridized carbons (Fsp3) is 0.357. The first-order valence-corrected chi connectivity index (χ1v) is 7.26. The molecule has 2 aromatic rings. The number of halogens is 1. The molecule has 0 aliphatic carbocycles. The van der Waals surface area contributed by atoms with Gasteiger partial charge in [-0.05, 0) is 25.0 Å². The number of likely N-dealkylation sites (tertiary alicyclic amines) is 1. The Labute approximate surface area is 127 Å². The molecule has 2 amide bonds. The molecule has 3 rings (SSSR count). The lowest BCUT2D eigenvalue weighted by Crippen LogP contribution is -2.41. The first-order chi connectivity index (χ1) is 10.2. The van der Waals surface area contributed by atoms with Crippen LogP contribution in [-0.2, 0) is 0 Å². The summed E-state index contributed by atoms with van der Waals surface area (Å²) in [6.07, 6.45) is 6.90. The Hall–Kier alpha value is -2.08. The number of hydrogen-bond acceptors (Lipinski definition) is 3. The number of nitrogens with one attached hydrogen (secondary N) is 2. The lowest BCUT2D eigenvalue weighted by Gasteiger charge is -2.32. The second-order valence-corrected chi connectivity index (χ2v) is 5.56. The fourth-order valence-corrected chi connectivity index (χ4v) is 2.77. The molecule has 7 heteroatoms. The number of carbonyl (C=O) groups excluding carboxylic acids is 1. The quantitative estimate of drug-likeness (QED) is 0.896. The SMILES string of the molecule is O=C(Nc1cncc(Cl)c1)N1CCCC(c2ccn[nH]2)C1. The Balaban J connectivity index is 1.64. The van der Waals surface area contributed by atoms with Crippen LogP contribution >= 0.6 is 11.6 Å². The largest absolute Gasteiger partial charge is 0.324 e. The molecule has 2 aromatic heterocycles. The van der Waals surface area contributed by atoms with Crippen LogP contribution in [0.1, 0.15) is 24.5 Å². The molecule has 0 bridgehead atoms. The van der Waals surface area contributed by atoms with Crippen LogP contribution in [0.15, 0.2) is 30.7 Å². The zero-order chi connectivity index (χ0) is 14.7. The van der Waals surface area contributed by atoms with Gasteiger partial charge in [-0.25, -0.2) is 4.79 Å². The van der Waals surface area contributed by atoms with E-state index in [0.29, 0.717) is 23.2 Å². The van der Waals surface area contributed by atoms with Gasteiger partial charge in [-0.1, -0.05) is 11.6 Å². The molecule has 3 heterocycles. The maximum atomic E-state index is 12.3. The molecular weight excluding hydrogens is 290 g/mol. The highest BCUT2D eigenvalue weighted by atomic mass is 35.5. The van der Waals surface area contributed by atoms with Crippen molar-refractivity contribution in [3.05, 3.63) is 41.4 Å². The van der Waals surface area contributed by atoms with Crippen molar-refractivity contribution in [1.29, 1.82) is 0 Å². The number of amides is 2. The number of hydrogen-bond donors (Lipinski definition) is 2. The average Bonchev–Trinajstić information content (AvgIpc) is 3.02. The molecule has 1 aliphatic rings. The molecule has 6 nitrogen and oxygen atoms in total. The number of carbonyl (C=O) groups is 1. The predicted octanol–water partition coefficient (Wildman–Crippen LogP) is 2.87. The summed E-state index contributed by atoms with van der Waals surface area (Å²) in [5.74, 6) is 0.310. The summed E-state index contributed by atoms with van der Waals surface area (Å²) in [6.45, 7) is 1.44. The van der Waals surface area contributed by atoms with E-state index in [4.69, 9.17) is 11.6 Å². The summed E-state index contributed by atoms with van der Waals surface area (Å²) in [4.78, 5) is 18.1. The van der Waals surface area contributed by atoms with Crippen molar-refractivity contribution in [2.24, 2.45) is 0 Å². The normalized spacial score (nSPS) is 18.5. The summed E-state index contributed by atoms with van der Waals surface area (Å²) in [5, 5.41) is 10.3. The van der Waals surface area contributed by atoms with Gasteiger partial charge in [0.05, 0.1) is 16.9 Å². The third-order valence-corrected chi connectivity index (χ3v) is 3.83. The molecule has 1 atom stereocenters. The van der Waals surface area contributed by atoms with Gasteiger partial charge in [-0.3, -0.25) is 10.1 Å². The van der Waals surface area contributed by atoms with Crippen LogP contribution in [0.3, 0.4) is 0 Å². The Bertz CT molecular complexity index is 616. The van der Waals surface area contributed by atoms with Crippen molar-refractivity contribution >= 4 is 23.3 Å². The number of pyridine rings is 1. The minimum atomic E-state index is -0.122. The van der Waals surface area contributed by atoms with E-state index in [0.717, 1.165) is 25.1 Å². The van der Waals surface area contributed by atoms with Crippen molar-refractivity contribution in [2.75, 3.05) is 18.4 Å².